The van der Waals surface area contributed by atoms with Crippen LogP contribution in [0.2, 0.25) is 0 Å². The molecule has 1 saturated heterocycles. The Labute approximate surface area is 180 Å². The highest BCUT2D eigenvalue weighted by Crippen LogP contribution is 2.33. The van der Waals surface area contributed by atoms with Gasteiger partial charge in [0.1, 0.15) is 18.2 Å². The number of rotatable bonds is 6. The van der Waals surface area contributed by atoms with Gasteiger partial charge in [0, 0.05) is 19.0 Å². The summed E-state index contributed by atoms with van der Waals surface area (Å²) in [6, 6.07) is 12.6. The molecule has 4 rings (SSSR count). The zero-order valence-corrected chi connectivity index (χ0v) is 17.7. The zero-order valence-electron chi connectivity index (χ0n) is 17.7. The van der Waals surface area contributed by atoms with Gasteiger partial charge >= 0.3 is 6.09 Å². The molecule has 0 radical (unpaired) electrons. The van der Waals surface area contributed by atoms with Crippen molar-refractivity contribution < 1.29 is 19.4 Å². The largest absolute Gasteiger partial charge is 0.507 e. The quantitative estimate of drug-likeness (QED) is 0.589. The molecule has 8 nitrogen and oxygen atoms in total. The fraction of sp³-hybridized carbons (Fsp3) is 0.348. The first kappa shape index (κ1) is 21.0. The van der Waals surface area contributed by atoms with Crippen LogP contribution in [0.3, 0.4) is 0 Å². The lowest BCUT2D eigenvalue weighted by Gasteiger charge is -2.28. The van der Waals surface area contributed by atoms with Gasteiger partial charge in [-0.1, -0.05) is 18.2 Å². The predicted molar refractivity (Wildman–Crippen MR) is 118 cm³/mol. The normalized spacial score (nSPS) is 15.9. The number of hydrogen-bond acceptors (Lipinski definition) is 7. The summed E-state index contributed by atoms with van der Waals surface area (Å²) in [5.74, 6) is 0.906. The fourth-order valence-corrected chi connectivity index (χ4v) is 3.74. The van der Waals surface area contributed by atoms with Crippen molar-refractivity contribution in [2.75, 3.05) is 38.3 Å². The molecule has 31 heavy (non-hydrogen) atoms. The highest BCUT2D eigenvalue weighted by atomic mass is 16.6. The number of para-hydroxylation sites is 1. The van der Waals surface area contributed by atoms with Gasteiger partial charge in [-0.2, -0.15) is 0 Å². The number of hydrogen-bond donors (Lipinski definition) is 2. The molecule has 2 aromatic carbocycles. The van der Waals surface area contributed by atoms with Crippen molar-refractivity contribution in [3.8, 4) is 17.1 Å². The number of carbonyl (C=O) groups excluding carboxylic acids is 1. The van der Waals surface area contributed by atoms with E-state index in [2.05, 4.69) is 10.3 Å². The Morgan fingerprint density at radius 2 is 2.06 bits per heavy atom. The molecular formula is C23H26N4O4. The van der Waals surface area contributed by atoms with Gasteiger partial charge in [-0.3, -0.25) is 4.90 Å². The molecule has 1 atom stereocenters. The van der Waals surface area contributed by atoms with Crippen LogP contribution in [0.4, 0.5) is 10.6 Å². The van der Waals surface area contributed by atoms with Gasteiger partial charge in [0.05, 0.1) is 23.7 Å². The van der Waals surface area contributed by atoms with Crippen molar-refractivity contribution in [1.29, 1.82) is 0 Å². The van der Waals surface area contributed by atoms with Gasteiger partial charge < -0.3 is 19.9 Å². The van der Waals surface area contributed by atoms with Crippen LogP contribution in [0.15, 0.2) is 42.5 Å². The third-order valence-corrected chi connectivity index (χ3v) is 5.31. The molecule has 1 aliphatic heterocycles. The van der Waals surface area contributed by atoms with E-state index in [1.165, 1.54) is 0 Å². The van der Waals surface area contributed by atoms with E-state index in [4.69, 9.17) is 14.5 Å². The number of aromatic nitrogens is 2. The van der Waals surface area contributed by atoms with Gasteiger partial charge in [0.15, 0.2) is 5.82 Å². The van der Waals surface area contributed by atoms with E-state index in [9.17, 15) is 9.90 Å². The number of nitrogens with zero attached hydrogens (tertiary/aromatic N) is 3. The van der Waals surface area contributed by atoms with Crippen LogP contribution >= 0.6 is 0 Å². The number of aryl methyl sites for hydroxylation is 1. The van der Waals surface area contributed by atoms with E-state index in [1.54, 1.807) is 30.2 Å². The molecule has 162 valence electrons. The van der Waals surface area contributed by atoms with Gasteiger partial charge in [-0.25, -0.2) is 14.8 Å². The number of benzene rings is 2. The third kappa shape index (κ3) is 4.45. The molecule has 0 saturated carbocycles. The lowest BCUT2D eigenvalue weighted by molar-refractivity contribution is 0.102. The van der Waals surface area contributed by atoms with Crippen LogP contribution in [0.25, 0.3) is 22.3 Å². The number of phenolic OH excluding ortho intramolecular Hbond substituents is 1. The highest BCUT2D eigenvalue weighted by molar-refractivity contribution is 6.00. The number of nitrogens with one attached hydrogen (secondary N) is 1. The van der Waals surface area contributed by atoms with E-state index in [-0.39, 0.29) is 18.4 Å². The second-order valence-corrected chi connectivity index (χ2v) is 7.53. The number of fused-ring (bicyclic) bond motifs is 1. The molecule has 2 heterocycles. The Morgan fingerprint density at radius 3 is 2.81 bits per heavy atom. The maximum absolute atomic E-state index is 13.1. The van der Waals surface area contributed by atoms with Gasteiger partial charge in [0.25, 0.3) is 0 Å². The van der Waals surface area contributed by atoms with Crippen LogP contribution in [0.5, 0.6) is 5.75 Å². The second-order valence-electron chi connectivity index (χ2n) is 7.53. The molecule has 1 aliphatic rings. The van der Waals surface area contributed by atoms with Gasteiger partial charge in [0.2, 0.25) is 0 Å². The van der Waals surface area contributed by atoms with Crippen molar-refractivity contribution in [3.63, 3.8) is 0 Å². The van der Waals surface area contributed by atoms with Crippen LogP contribution < -0.4 is 10.2 Å². The minimum atomic E-state index is -0.477. The molecule has 1 amide bonds. The summed E-state index contributed by atoms with van der Waals surface area (Å²) in [6.07, 6.45) is 0.303. The number of aromatic hydroxyl groups is 1. The van der Waals surface area contributed by atoms with E-state index in [0.29, 0.717) is 35.9 Å². The van der Waals surface area contributed by atoms with Crippen molar-refractivity contribution in [3.05, 3.63) is 48.0 Å². The maximum Gasteiger partial charge on any atom is 0.415 e. The van der Waals surface area contributed by atoms with Crippen molar-refractivity contribution in [2.24, 2.45) is 0 Å². The van der Waals surface area contributed by atoms with E-state index >= 15 is 0 Å². The van der Waals surface area contributed by atoms with E-state index < -0.39 is 6.09 Å². The van der Waals surface area contributed by atoms with Crippen LogP contribution in [0, 0.1) is 6.92 Å². The topological polar surface area (TPSA) is 96.8 Å². The Morgan fingerprint density at radius 1 is 1.23 bits per heavy atom. The van der Waals surface area contributed by atoms with Crippen LogP contribution in [0.1, 0.15) is 12.0 Å². The SMILES string of the molecule is COCCOC(=O)N(c1nc(-c2ccccc2O)nc2cc(C)ccc12)[C@@H]1CCNC1. The number of anilines is 1. The van der Waals surface area contributed by atoms with E-state index in [1.807, 2.05) is 31.2 Å². The molecule has 8 heteroatoms. The molecule has 2 N–H and O–H groups in total. The number of ether oxygens (including phenoxy) is 2. The van der Waals surface area contributed by atoms with E-state index in [0.717, 1.165) is 23.9 Å². The minimum absolute atomic E-state index is 0.0807. The zero-order chi connectivity index (χ0) is 21.8. The fourth-order valence-electron chi connectivity index (χ4n) is 3.74. The molecule has 0 bridgehead atoms. The minimum Gasteiger partial charge on any atom is -0.507 e. The summed E-state index contributed by atoms with van der Waals surface area (Å²) in [4.78, 5) is 24.2. The van der Waals surface area contributed by atoms with Gasteiger partial charge in [-0.15, -0.1) is 0 Å². The number of carbonyl (C=O) groups is 1. The summed E-state index contributed by atoms with van der Waals surface area (Å²) in [7, 11) is 1.56. The average molecular weight is 422 g/mol. The standard InChI is InChI=1S/C23H26N4O4/c1-15-7-8-17-19(13-15)25-21(18-5-3-4-6-20(18)28)26-22(17)27(16-9-10-24-14-16)23(29)31-12-11-30-2/h3-8,13,16,24,28H,9-12,14H2,1-2H3/t16-/m1/s1. The Balaban J connectivity index is 1.87. The van der Waals surface area contributed by atoms with Crippen LogP contribution in [-0.4, -0.2) is 60.6 Å². The van der Waals surface area contributed by atoms with Crippen molar-refractivity contribution >= 4 is 22.8 Å². The first-order valence-electron chi connectivity index (χ1n) is 10.3. The predicted octanol–water partition coefficient (Wildman–Crippen LogP) is 3.26. The third-order valence-electron chi connectivity index (χ3n) is 5.31. The van der Waals surface area contributed by atoms with Gasteiger partial charge in [-0.05, 0) is 49.7 Å². The summed E-state index contributed by atoms with van der Waals surface area (Å²) >= 11 is 0. The van der Waals surface area contributed by atoms with Crippen molar-refractivity contribution in [1.82, 2.24) is 15.3 Å². The first-order chi connectivity index (χ1) is 15.1. The molecular weight excluding hydrogens is 396 g/mol. The average Bonchev–Trinajstić information content (AvgIpc) is 3.28. The molecule has 0 aliphatic carbocycles. The number of amides is 1. The molecule has 3 aromatic rings. The summed E-state index contributed by atoms with van der Waals surface area (Å²) < 4.78 is 10.5. The summed E-state index contributed by atoms with van der Waals surface area (Å²) in [5.41, 5.74) is 2.24. The molecule has 1 aromatic heterocycles. The van der Waals surface area contributed by atoms with Crippen LogP contribution in [-0.2, 0) is 9.47 Å². The molecule has 0 unspecified atom stereocenters. The first-order valence-corrected chi connectivity index (χ1v) is 10.3. The Kier molecular flexibility index (Phi) is 6.29. The Hall–Kier alpha value is -3.23. The summed E-state index contributed by atoms with van der Waals surface area (Å²) in [5, 5.41) is 14.4. The monoisotopic (exact) mass is 422 g/mol. The Bertz CT molecular complexity index is 1080. The molecule has 0 spiro atoms. The lowest BCUT2D eigenvalue weighted by atomic mass is 10.1. The molecule has 1 fully saturated rings. The second kappa shape index (κ2) is 9.28. The number of methoxy groups -OCH3 is 1. The highest BCUT2D eigenvalue weighted by Gasteiger charge is 2.32. The smallest absolute Gasteiger partial charge is 0.415 e. The summed E-state index contributed by atoms with van der Waals surface area (Å²) in [6.45, 7) is 3.90. The maximum atomic E-state index is 13.1. The number of phenols is 1. The lowest BCUT2D eigenvalue weighted by Crippen LogP contribution is -2.43. The van der Waals surface area contributed by atoms with Crippen molar-refractivity contribution in [2.45, 2.75) is 19.4 Å².